The van der Waals surface area contributed by atoms with Crippen molar-refractivity contribution in [2.45, 2.75) is 33.2 Å². The van der Waals surface area contributed by atoms with E-state index in [2.05, 4.69) is 22.5 Å². The molecule has 2 aromatic rings. The molecule has 27 heavy (non-hydrogen) atoms. The molecule has 1 aromatic carbocycles. The van der Waals surface area contributed by atoms with Crippen LogP contribution in [0.4, 0.5) is 0 Å². The third kappa shape index (κ3) is 5.82. The van der Waals surface area contributed by atoms with Gasteiger partial charge in [-0.15, -0.1) is 36.2 Å². The molecule has 0 saturated carbocycles. The van der Waals surface area contributed by atoms with E-state index >= 15 is 0 Å². The minimum atomic E-state index is -0.0206. The Hall–Kier alpha value is -1.34. The number of thiazole rings is 1. The molecule has 5 nitrogen and oxygen atoms in total. The fourth-order valence-corrected chi connectivity index (χ4v) is 3.98. The number of amides is 1. The van der Waals surface area contributed by atoms with E-state index in [4.69, 9.17) is 4.74 Å². The summed E-state index contributed by atoms with van der Waals surface area (Å²) in [4.78, 5) is 18.0. The monoisotopic (exact) mass is 431 g/mol. The molecular formula is C19H27Cl2N3O2S. The lowest BCUT2D eigenvalue weighted by molar-refractivity contribution is 0.0918. The molecule has 2 N–H and O–H groups in total. The maximum atomic E-state index is 12.7. The van der Waals surface area contributed by atoms with E-state index in [1.54, 1.807) is 0 Å². The molecule has 1 aromatic heterocycles. The summed E-state index contributed by atoms with van der Waals surface area (Å²) in [7, 11) is 0. The molecule has 2 heterocycles. The van der Waals surface area contributed by atoms with Crippen LogP contribution in [0.25, 0.3) is 10.6 Å². The predicted molar refractivity (Wildman–Crippen MR) is 116 cm³/mol. The number of nitrogens with zero attached hydrogens (tertiary/aromatic N) is 1. The van der Waals surface area contributed by atoms with Gasteiger partial charge in [0, 0.05) is 18.2 Å². The molecule has 0 spiro atoms. The zero-order valence-corrected chi connectivity index (χ0v) is 18.2. The molecule has 8 heteroatoms. The van der Waals surface area contributed by atoms with Crippen molar-refractivity contribution >= 4 is 42.1 Å². The average Bonchev–Trinajstić information content (AvgIpc) is 3.00. The van der Waals surface area contributed by atoms with Gasteiger partial charge in [-0.2, -0.15) is 0 Å². The number of halogens is 2. The van der Waals surface area contributed by atoms with Crippen LogP contribution < -0.4 is 15.4 Å². The lowest BCUT2D eigenvalue weighted by Gasteiger charge is -2.30. The first-order valence-electron chi connectivity index (χ1n) is 8.80. The summed E-state index contributed by atoms with van der Waals surface area (Å²) in [5.74, 6) is 1.31. The number of nitrogens with one attached hydrogen (secondary N) is 2. The van der Waals surface area contributed by atoms with Crippen LogP contribution in [0.2, 0.25) is 0 Å². The van der Waals surface area contributed by atoms with Gasteiger partial charge in [0.15, 0.2) is 0 Å². The summed E-state index contributed by atoms with van der Waals surface area (Å²) in [5, 5.41) is 7.37. The van der Waals surface area contributed by atoms with Crippen molar-refractivity contribution < 1.29 is 9.53 Å². The highest BCUT2D eigenvalue weighted by Crippen LogP contribution is 2.29. The van der Waals surface area contributed by atoms with E-state index in [0.717, 1.165) is 41.5 Å². The van der Waals surface area contributed by atoms with Gasteiger partial charge in [-0.25, -0.2) is 4.98 Å². The molecular weight excluding hydrogens is 405 g/mol. The molecule has 1 amide bonds. The molecule has 2 unspecified atom stereocenters. The van der Waals surface area contributed by atoms with Crippen molar-refractivity contribution in [1.82, 2.24) is 15.6 Å². The molecule has 2 atom stereocenters. The van der Waals surface area contributed by atoms with Crippen molar-refractivity contribution in [3.63, 3.8) is 0 Å². The highest BCUT2D eigenvalue weighted by atomic mass is 35.5. The van der Waals surface area contributed by atoms with E-state index in [9.17, 15) is 4.79 Å². The first kappa shape index (κ1) is 23.7. The van der Waals surface area contributed by atoms with Gasteiger partial charge < -0.3 is 15.4 Å². The summed E-state index contributed by atoms with van der Waals surface area (Å²) in [6, 6.07) is 8.02. The molecule has 3 rings (SSSR count). The van der Waals surface area contributed by atoms with Gasteiger partial charge in [0.1, 0.15) is 15.6 Å². The van der Waals surface area contributed by atoms with Gasteiger partial charge in [0.05, 0.1) is 12.3 Å². The Labute approximate surface area is 177 Å². The summed E-state index contributed by atoms with van der Waals surface area (Å²) in [6.07, 6.45) is 1.09. The second-order valence-electron chi connectivity index (χ2n) is 6.44. The number of ether oxygens (including phenoxy) is 1. The van der Waals surface area contributed by atoms with Crippen LogP contribution in [0.3, 0.4) is 0 Å². The van der Waals surface area contributed by atoms with Gasteiger partial charge in [-0.1, -0.05) is 6.92 Å². The van der Waals surface area contributed by atoms with Crippen molar-refractivity contribution in [2.24, 2.45) is 5.92 Å². The lowest BCUT2D eigenvalue weighted by Crippen LogP contribution is -2.50. The molecule has 150 valence electrons. The maximum Gasteiger partial charge on any atom is 0.263 e. The number of aryl methyl sites for hydroxylation is 1. The molecule has 1 saturated heterocycles. The zero-order chi connectivity index (χ0) is 17.8. The third-order valence-corrected chi connectivity index (χ3v) is 5.76. The normalized spacial score (nSPS) is 18.8. The quantitative estimate of drug-likeness (QED) is 0.747. The van der Waals surface area contributed by atoms with Crippen molar-refractivity contribution in [2.75, 3.05) is 19.7 Å². The number of piperidine rings is 1. The smallest absolute Gasteiger partial charge is 0.263 e. The van der Waals surface area contributed by atoms with Crippen LogP contribution >= 0.6 is 36.2 Å². The van der Waals surface area contributed by atoms with E-state index in [0.29, 0.717) is 17.4 Å². The second-order valence-corrected chi connectivity index (χ2v) is 7.44. The Morgan fingerprint density at radius 3 is 2.67 bits per heavy atom. The standard InChI is InChI=1S/C19H25N3O2S.2ClH/c1-4-24-15-7-5-14(6-8-15)19-21-13(3)17(25-19)18(23)22-16-11-20-10-9-12(16)2;;/h5-8,12,16,20H,4,9-11H2,1-3H3,(H,22,23);2*1H. The maximum absolute atomic E-state index is 12.7. The molecule has 1 aliphatic rings. The summed E-state index contributed by atoms with van der Waals surface area (Å²) in [5.41, 5.74) is 1.78. The van der Waals surface area contributed by atoms with Crippen LogP contribution in [0.15, 0.2) is 24.3 Å². The predicted octanol–water partition coefficient (Wildman–Crippen LogP) is 4.09. The molecule has 0 aliphatic carbocycles. The van der Waals surface area contributed by atoms with Gasteiger partial charge in [0.25, 0.3) is 5.91 Å². The van der Waals surface area contributed by atoms with E-state index < -0.39 is 0 Å². The van der Waals surface area contributed by atoms with E-state index in [1.165, 1.54) is 11.3 Å². The highest BCUT2D eigenvalue weighted by molar-refractivity contribution is 7.17. The highest BCUT2D eigenvalue weighted by Gasteiger charge is 2.25. The van der Waals surface area contributed by atoms with Crippen LogP contribution in [0.5, 0.6) is 5.75 Å². The topological polar surface area (TPSA) is 63.2 Å². The molecule has 0 bridgehead atoms. The molecule has 1 aliphatic heterocycles. The Bertz CT molecular complexity index is 737. The Morgan fingerprint density at radius 1 is 1.33 bits per heavy atom. The largest absolute Gasteiger partial charge is 0.494 e. The van der Waals surface area contributed by atoms with Crippen LogP contribution in [-0.4, -0.2) is 36.6 Å². The van der Waals surface area contributed by atoms with Crippen molar-refractivity contribution in [3.8, 4) is 16.3 Å². The number of carbonyl (C=O) groups is 1. The van der Waals surface area contributed by atoms with Gasteiger partial charge in [-0.05, 0) is 57.0 Å². The molecule has 0 radical (unpaired) electrons. The minimum Gasteiger partial charge on any atom is -0.494 e. The number of benzene rings is 1. The zero-order valence-electron chi connectivity index (χ0n) is 15.8. The lowest BCUT2D eigenvalue weighted by atomic mass is 9.95. The Morgan fingerprint density at radius 2 is 2.04 bits per heavy atom. The Kier molecular flexibility index (Phi) is 9.53. The van der Waals surface area contributed by atoms with Crippen LogP contribution in [0, 0.1) is 12.8 Å². The van der Waals surface area contributed by atoms with Crippen LogP contribution in [0.1, 0.15) is 35.6 Å². The fourth-order valence-electron chi connectivity index (χ4n) is 3.01. The van der Waals surface area contributed by atoms with Gasteiger partial charge in [0.2, 0.25) is 0 Å². The van der Waals surface area contributed by atoms with Gasteiger partial charge in [-0.3, -0.25) is 4.79 Å². The first-order valence-corrected chi connectivity index (χ1v) is 9.62. The average molecular weight is 432 g/mol. The minimum absolute atomic E-state index is 0. The van der Waals surface area contributed by atoms with Crippen LogP contribution in [-0.2, 0) is 0 Å². The van der Waals surface area contributed by atoms with E-state index in [-0.39, 0.29) is 36.8 Å². The SMILES string of the molecule is CCOc1ccc(-c2nc(C)c(C(=O)NC3CNCCC3C)s2)cc1.Cl.Cl. The second kappa shape index (κ2) is 10.9. The fraction of sp³-hybridized carbons (Fsp3) is 0.474. The van der Waals surface area contributed by atoms with Crippen molar-refractivity contribution in [1.29, 1.82) is 0 Å². The number of rotatable bonds is 5. The summed E-state index contributed by atoms with van der Waals surface area (Å²) in [6.45, 7) is 8.55. The van der Waals surface area contributed by atoms with Crippen molar-refractivity contribution in [3.05, 3.63) is 34.8 Å². The Balaban J connectivity index is 0.00000182. The first-order chi connectivity index (χ1) is 12.1. The summed E-state index contributed by atoms with van der Waals surface area (Å²) >= 11 is 1.45. The number of hydrogen-bond acceptors (Lipinski definition) is 5. The number of carbonyl (C=O) groups excluding carboxylic acids is 1. The summed E-state index contributed by atoms with van der Waals surface area (Å²) < 4.78 is 5.47. The third-order valence-electron chi connectivity index (χ3n) is 4.56. The number of hydrogen-bond donors (Lipinski definition) is 2. The van der Waals surface area contributed by atoms with Gasteiger partial charge >= 0.3 is 0 Å². The molecule has 1 fully saturated rings. The number of aromatic nitrogens is 1. The van der Waals surface area contributed by atoms with E-state index in [1.807, 2.05) is 38.1 Å².